The van der Waals surface area contributed by atoms with Crippen LogP contribution in [0.4, 0.5) is 5.69 Å². The average Bonchev–Trinajstić information content (AvgIpc) is 2.96. The molecule has 0 aromatic heterocycles. The number of carbonyl (C=O) groups is 2. The topological polar surface area (TPSA) is 127 Å². The van der Waals surface area contributed by atoms with Crippen molar-refractivity contribution in [2.45, 2.75) is 38.5 Å². The van der Waals surface area contributed by atoms with Crippen LogP contribution in [0.25, 0.3) is 11.1 Å². The van der Waals surface area contributed by atoms with Gasteiger partial charge in [-0.05, 0) is 48.2 Å². The Morgan fingerprint density at radius 3 is 1.88 bits per heavy atom. The monoisotopic (exact) mass is 586 g/mol. The number of hydrogen-bond donors (Lipinski definition) is 4. The number of carboxylic acid groups (broad SMARTS) is 1. The Labute approximate surface area is 245 Å². The van der Waals surface area contributed by atoms with E-state index in [0.29, 0.717) is 11.3 Å². The number of anilines is 1. The fraction of sp³-hybridized carbons (Fsp3) is 0.212. The molecule has 9 heteroatoms. The van der Waals surface area contributed by atoms with Crippen LogP contribution >= 0.6 is 7.60 Å². The van der Waals surface area contributed by atoms with Gasteiger partial charge in [-0.15, -0.1) is 0 Å². The molecule has 42 heavy (non-hydrogen) atoms. The zero-order valence-electron chi connectivity index (χ0n) is 23.6. The number of carbonyl (C=O) groups excluding carboxylic acids is 1. The van der Waals surface area contributed by atoms with E-state index in [1.54, 1.807) is 36.4 Å². The van der Waals surface area contributed by atoms with Crippen LogP contribution in [0.1, 0.15) is 34.5 Å². The van der Waals surface area contributed by atoms with Gasteiger partial charge in [0.05, 0.1) is 6.42 Å². The Morgan fingerprint density at radius 2 is 1.33 bits per heavy atom. The molecule has 0 fully saturated rings. The standard InChI is InChI=1S/C33H35N2O6P/c1-23-8-14-28(15-9-23)33(42(39,40)41)35(29-18-10-24(2)11-19-29)30(32(38)34-21-20-31(36)37)22-25-12-16-27(17-13-25)26-6-4-3-5-7-26/h3-19,30,33H,20-22H2,1-2H3,(H,34,38)(H,36,37)(H2,39,40,41)/t30-,33?/m0/s1. The van der Waals surface area contributed by atoms with E-state index in [2.05, 4.69) is 5.32 Å². The van der Waals surface area contributed by atoms with Gasteiger partial charge in [-0.1, -0.05) is 102 Å². The van der Waals surface area contributed by atoms with Crippen LogP contribution in [0.5, 0.6) is 0 Å². The van der Waals surface area contributed by atoms with Crippen molar-refractivity contribution in [3.05, 3.63) is 125 Å². The summed E-state index contributed by atoms with van der Waals surface area (Å²) in [5, 5.41) is 11.8. The molecule has 2 atom stereocenters. The molecule has 0 aliphatic heterocycles. The maximum Gasteiger partial charge on any atom is 0.352 e. The minimum Gasteiger partial charge on any atom is -0.481 e. The van der Waals surface area contributed by atoms with Crippen molar-refractivity contribution in [2.24, 2.45) is 0 Å². The van der Waals surface area contributed by atoms with Gasteiger partial charge in [0.1, 0.15) is 6.04 Å². The smallest absolute Gasteiger partial charge is 0.352 e. The van der Waals surface area contributed by atoms with Crippen molar-refractivity contribution in [1.29, 1.82) is 0 Å². The van der Waals surface area contributed by atoms with Gasteiger partial charge in [-0.3, -0.25) is 14.2 Å². The molecule has 4 N–H and O–H groups in total. The van der Waals surface area contributed by atoms with Crippen LogP contribution in [-0.2, 0) is 20.6 Å². The second-order valence-corrected chi connectivity index (χ2v) is 12.0. The first-order valence-corrected chi connectivity index (χ1v) is 15.3. The maximum absolute atomic E-state index is 13.8. The molecule has 0 saturated carbocycles. The van der Waals surface area contributed by atoms with E-state index in [4.69, 9.17) is 5.11 Å². The summed E-state index contributed by atoms with van der Waals surface area (Å²) in [7, 11) is -4.88. The number of rotatable bonds is 12. The highest BCUT2D eigenvalue weighted by Crippen LogP contribution is 2.55. The number of nitrogens with zero attached hydrogens (tertiary/aromatic N) is 1. The molecular formula is C33H35N2O6P. The first kappa shape index (κ1) is 30.7. The molecule has 8 nitrogen and oxygen atoms in total. The number of aliphatic carboxylic acids is 1. The van der Waals surface area contributed by atoms with Crippen molar-refractivity contribution >= 4 is 25.2 Å². The van der Waals surface area contributed by atoms with E-state index in [9.17, 15) is 23.9 Å². The lowest BCUT2D eigenvalue weighted by Gasteiger charge is -2.39. The molecule has 1 unspecified atom stereocenters. The molecule has 0 spiro atoms. The minimum atomic E-state index is -4.88. The minimum absolute atomic E-state index is 0.115. The molecule has 0 radical (unpaired) electrons. The summed E-state index contributed by atoms with van der Waals surface area (Å²) in [6.45, 7) is 3.66. The second kappa shape index (κ2) is 13.6. The van der Waals surface area contributed by atoms with Crippen LogP contribution in [-0.4, -0.2) is 39.4 Å². The fourth-order valence-electron chi connectivity index (χ4n) is 4.88. The lowest BCUT2D eigenvalue weighted by molar-refractivity contribution is -0.136. The number of aryl methyl sites for hydroxylation is 2. The molecule has 4 aromatic rings. The van der Waals surface area contributed by atoms with Crippen molar-refractivity contribution in [2.75, 3.05) is 11.4 Å². The predicted molar refractivity (Wildman–Crippen MR) is 164 cm³/mol. The largest absolute Gasteiger partial charge is 0.481 e. The van der Waals surface area contributed by atoms with Crippen molar-refractivity contribution in [3.63, 3.8) is 0 Å². The van der Waals surface area contributed by atoms with Crippen LogP contribution in [0.3, 0.4) is 0 Å². The molecule has 0 heterocycles. The first-order chi connectivity index (χ1) is 20.0. The van der Waals surface area contributed by atoms with Gasteiger partial charge in [0.2, 0.25) is 5.91 Å². The van der Waals surface area contributed by atoms with Crippen molar-refractivity contribution in [3.8, 4) is 11.1 Å². The summed E-state index contributed by atoms with van der Waals surface area (Å²) in [4.78, 5) is 48.0. The van der Waals surface area contributed by atoms with Crippen LogP contribution in [0.15, 0.2) is 103 Å². The Hall–Kier alpha value is -4.23. The quantitative estimate of drug-likeness (QED) is 0.153. The molecule has 0 saturated heterocycles. The Balaban J connectivity index is 1.82. The third-order valence-electron chi connectivity index (χ3n) is 7.06. The lowest BCUT2D eigenvalue weighted by Crippen LogP contribution is -2.50. The van der Waals surface area contributed by atoms with Gasteiger partial charge in [0, 0.05) is 18.7 Å². The normalized spacial score (nSPS) is 12.8. The maximum atomic E-state index is 13.8. The van der Waals surface area contributed by atoms with Gasteiger partial charge in [0.15, 0.2) is 5.78 Å². The zero-order chi connectivity index (χ0) is 30.3. The summed E-state index contributed by atoms with van der Waals surface area (Å²) >= 11 is 0. The van der Waals surface area contributed by atoms with Gasteiger partial charge in [-0.25, -0.2) is 0 Å². The number of nitrogens with one attached hydrogen (secondary N) is 1. The van der Waals surface area contributed by atoms with Gasteiger partial charge >= 0.3 is 13.6 Å². The SMILES string of the molecule is Cc1ccc(C(N(c2ccc(C)cc2)[C@@H](Cc2ccc(-c3ccccc3)cc2)C(=O)NCCC(=O)O)P(=O)(O)O)cc1. The Morgan fingerprint density at radius 1 is 0.786 bits per heavy atom. The first-order valence-electron chi connectivity index (χ1n) is 13.6. The molecular weight excluding hydrogens is 551 g/mol. The molecule has 218 valence electrons. The summed E-state index contributed by atoms with van der Waals surface area (Å²) in [5.74, 6) is -3.07. The summed E-state index contributed by atoms with van der Waals surface area (Å²) in [5.41, 5.74) is 5.48. The molecule has 0 aliphatic rings. The lowest BCUT2D eigenvalue weighted by atomic mass is 9.98. The Bertz CT molecular complexity index is 1530. The molecule has 0 aliphatic carbocycles. The molecule has 4 aromatic carbocycles. The van der Waals surface area contributed by atoms with Gasteiger partial charge in [-0.2, -0.15) is 0 Å². The van der Waals surface area contributed by atoms with Crippen molar-refractivity contribution in [1.82, 2.24) is 5.32 Å². The third-order valence-corrected chi connectivity index (χ3v) is 8.24. The highest BCUT2D eigenvalue weighted by molar-refractivity contribution is 7.52. The molecule has 4 rings (SSSR count). The number of amides is 1. The third kappa shape index (κ3) is 7.95. The van der Waals surface area contributed by atoms with E-state index in [1.165, 1.54) is 4.90 Å². The van der Waals surface area contributed by atoms with E-state index in [1.807, 2.05) is 80.6 Å². The number of carboxylic acids is 1. The average molecular weight is 587 g/mol. The summed E-state index contributed by atoms with van der Waals surface area (Å²) in [6, 6.07) is 30.4. The van der Waals surface area contributed by atoms with Gasteiger partial charge < -0.3 is 25.1 Å². The predicted octanol–water partition coefficient (Wildman–Crippen LogP) is 5.86. The second-order valence-electron chi connectivity index (χ2n) is 10.3. The Kier molecular flexibility index (Phi) is 9.96. The summed E-state index contributed by atoms with van der Waals surface area (Å²) < 4.78 is 13.2. The van der Waals surface area contributed by atoms with E-state index < -0.39 is 31.3 Å². The zero-order valence-corrected chi connectivity index (χ0v) is 24.4. The molecule has 0 bridgehead atoms. The van der Waals surface area contributed by atoms with Crippen LogP contribution in [0, 0.1) is 13.8 Å². The van der Waals surface area contributed by atoms with E-state index in [-0.39, 0.29) is 19.4 Å². The number of benzene rings is 4. The highest BCUT2D eigenvalue weighted by atomic mass is 31.2. The van der Waals surface area contributed by atoms with E-state index in [0.717, 1.165) is 27.8 Å². The van der Waals surface area contributed by atoms with Crippen molar-refractivity contribution < 1.29 is 29.0 Å². The number of hydrogen-bond acceptors (Lipinski definition) is 4. The highest BCUT2D eigenvalue weighted by Gasteiger charge is 2.42. The molecule has 1 amide bonds. The van der Waals surface area contributed by atoms with Gasteiger partial charge in [0.25, 0.3) is 0 Å². The van der Waals surface area contributed by atoms with Crippen LogP contribution < -0.4 is 10.2 Å². The van der Waals surface area contributed by atoms with Crippen LogP contribution in [0.2, 0.25) is 0 Å². The summed E-state index contributed by atoms with van der Waals surface area (Å²) in [6.07, 6.45) is -0.168. The fourth-order valence-corrected chi connectivity index (χ4v) is 6.06. The van der Waals surface area contributed by atoms with E-state index >= 15 is 0 Å².